The summed E-state index contributed by atoms with van der Waals surface area (Å²) < 4.78 is 98.5. The van der Waals surface area contributed by atoms with Crippen LogP contribution in [0.15, 0.2) is 155 Å². The van der Waals surface area contributed by atoms with E-state index in [4.69, 9.17) is 58.5 Å². The number of hydrazone groups is 5. The minimum Gasteiger partial charge on any atom is -0.506 e. The Morgan fingerprint density at radius 1 is 0.339 bits per heavy atom. The van der Waals surface area contributed by atoms with Gasteiger partial charge in [0.15, 0.2) is 58.2 Å². The van der Waals surface area contributed by atoms with Crippen molar-refractivity contribution in [3.8, 4) is 5.75 Å². The number of rotatable bonds is 20. The number of ether oxygens (including phenoxy) is 5. The minimum absolute atomic E-state index is 0.0931. The maximum absolute atomic E-state index is 14.0. The number of halogens is 11. The summed E-state index contributed by atoms with van der Waals surface area (Å²) in [7, 11) is 0. The molecule has 42 heteroatoms. The highest BCUT2D eigenvalue weighted by molar-refractivity contribution is 9.11. The molecule has 10 heterocycles. The monoisotopic (exact) mass is 1910 g/mol. The van der Waals surface area contributed by atoms with Gasteiger partial charge in [-0.2, -0.15) is 50.4 Å². The zero-order valence-electron chi connectivity index (χ0n) is 65.6. The number of nitrogens with zero attached hydrogens (tertiary/aromatic N) is 20. The van der Waals surface area contributed by atoms with Crippen LogP contribution in [-0.2, 0) is 23.7 Å². The van der Waals surface area contributed by atoms with E-state index in [0.29, 0.717) is 152 Å². The van der Waals surface area contributed by atoms with Gasteiger partial charge in [-0.25, -0.2) is 74.0 Å². The molecule has 5 aromatic carbocycles. The molecule has 5 aromatic heterocycles. The molecule has 0 unspecified atom stereocenters. The summed E-state index contributed by atoms with van der Waals surface area (Å²) in [5.41, 5.74) is 21.7. The van der Waals surface area contributed by atoms with Gasteiger partial charge < -0.3 is 53.3 Å². The first-order valence-electron chi connectivity index (χ1n) is 37.5. The molecule has 10 aromatic rings. The summed E-state index contributed by atoms with van der Waals surface area (Å²) in [6.45, 7) is 19.2. The van der Waals surface area contributed by atoms with Crippen LogP contribution in [0.25, 0.3) is 0 Å². The fourth-order valence-electron chi connectivity index (χ4n) is 11.6. The Balaban J connectivity index is 0.000000148. The maximum Gasteiger partial charge on any atom is 0.245 e. The first-order valence-corrected chi connectivity index (χ1v) is 41.0. The number of hydrogen-bond donors (Lipinski definition) is 6. The average molecular weight is 1920 g/mol. The van der Waals surface area contributed by atoms with E-state index >= 15 is 0 Å². The first kappa shape index (κ1) is 91.2. The molecule has 0 radical (unpaired) electrons. The SMILES string of the molecule is Cc1c(Cl)cc(Br)cc1/C=N/Nc1ncc(F)c(N2CCOCC2)n1.Cc1c(Cl)cc(Br)cc1/C=N\Nc1ncc(F)c(N2CCOCC2)n1.Cc1ccccc1/C=N/Nc1ncc(F)c(N2CCOCC2)n1.Cc1ccccc1/C=N\Nc1ncc(F)c(N2CCOCC2)n1.Oc1c(Cl)cc(Br)cc1/C=N\Nc1ncc(F)c(N2CCOCC2)n1. The molecular formula is C79H82Br3Cl3F5N25O6. The Hall–Kier alpha value is -10.6. The van der Waals surface area contributed by atoms with E-state index in [-0.39, 0.29) is 69.6 Å². The lowest BCUT2D eigenvalue weighted by Crippen LogP contribution is -2.37. The maximum atomic E-state index is 14.0. The standard InChI is InChI=1S/2C16H16BrClFN5O.2C16H18FN5O.C15H14BrClFN5O2/c2*1-10-11(6-12(17)7-13(10)18)8-21-23-16-20-9-14(19)15(22-16)24-2-4-25-5-3-24;2*1-12-4-2-3-5-13(12)10-19-21-16-18-11-14(17)15(20-16)22-6-8-23-9-7-22;16-10-5-9(13(24)11(17)6-10)7-20-22-15-19-8-12(18)14(21-15)23-1-3-25-4-2-23/h2*6-9H,2-5H2,1H3,(H,20,22,23);2*2-5,10-11H,6-9H2,1H3,(H,18,20,21);5-8,24H,1-4H2,(H,19,21,22)/b21-8+;21-8-;19-10+;19-10-;20-7-. The van der Waals surface area contributed by atoms with Crippen molar-refractivity contribution in [3.63, 3.8) is 0 Å². The van der Waals surface area contributed by atoms with E-state index < -0.39 is 29.1 Å². The molecule has 5 fully saturated rings. The van der Waals surface area contributed by atoms with E-state index in [2.05, 4.69) is 150 Å². The molecule has 0 atom stereocenters. The third-order valence-corrected chi connectivity index (χ3v) is 20.6. The van der Waals surface area contributed by atoms with Gasteiger partial charge in [-0.15, -0.1) is 0 Å². The first-order chi connectivity index (χ1) is 58.6. The topological polar surface area (TPSA) is 333 Å². The normalized spacial score (nSPS) is 15.0. The van der Waals surface area contributed by atoms with Gasteiger partial charge in [-0.3, -0.25) is 0 Å². The molecule has 31 nitrogen and oxygen atoms in total. The molecule has 15 rings (SSSR count). The van der Waals surface area contributed by atoms with Crippen molar-refractivity contribution in [1.29, 1.82) is 0 Å². The Kier molecular flexibility index (Phi) is 35.0. The van der Waals surface area contributed by atoms with Crippen LogP contribution < -0.4 is 51.6 Å². The van der Waals surface area contributed by atoms with Crippen molar-refractivity contribution in [2.75, 3.05) is 183 Å². The van der Waals surface area contributed by atoms with Gasteiger partial charge in [-0.1, -0.05) is 131 Å². The summed E-state index contributed by atoms with van der Waals surface area (Å²) in [4.78, 5) is 49.6. The highest BCUT2D eigenvalue weighted by Gasteiger charge is 2.24. The van der Waals surface area contributed by atoms with Gasteiger partial charge in [0.2, 0.25) is 29.7 Å². The molecule has 0 aliphatic carbocycles. The molecule has 0 amide bonds. The molecule has 121 heavy (non-hydrogen) atoms. The van der Waals surface area contributed by atoms with Crippen LogP contribution in [-0.4, -0.2) is 218 Å². The van der Waals surface area contributed by atoms with Crippen molar-refractivity contribution in [2.24, 2.45) is 25.5 Å². The van der Waals surface area contributed by atoms with Crippen molar-refractivity contribution in [3.05, 3.63) is 224 Å². The van der Waals surface area contributed by atoms with Crippen LogP contribution in [0.1, 0.15) is 50.1 Å². The third-order valence-electron chi connectivity index (χ3n) is 18.2. The highest BCUT2D eigenvalue weighted by atomic mass is 79.9. The average Bonchev–Trinajstić information content (AvgIpc) is 0.843. The van der Waals surface area contributed by atoms with Crippen molar-refractivity contribution >= 4 is 172 Å². The second-order valence-electron chi connectivity index (χ2n) is 26.4. The largest absolute Gasteiger partial charge is 0.506 e. The van der Waals surface area contributed by atoms with E-state index in [0.717, 1.165) is 84.4 Å². The number of phenolic OH excluding ortho intramolecular Hbond substituents is 1. The number of aryl methyl sites for hydroxylation is 2. The van der Waals surface area contributed by atoms with Crippen LogP contribution in [0.2, 0.25) is 15.1 Å². The fourth-order valence-corrected chi connectivity index (χ4v) is 14.1. The van der Waals surface area contributed by atoms with Crippen LogP contribution >= 0.6 is 82.6 Å². The van der Waals surface area contributed by atoms with Crippen LogP contribution in [0.4, 0.5) is 80.8 Å². The lowest BCUT2D eigenvalue weighted by atomic mass is 10.1. The summed E-state index contributed by atoms with van der Waals surface area (Å²) in [6, 6.07) is 26.4. The Bertz CT molecular complexity index is 4850. The number of nitrogens with one attached hydrogen (secondary N) is 5. The molecule has 0 spiro atoms. The number of aromatic nitrogens is 10. The van der Waals surface area contributed by atoms with Gasteiger partial charge in [0.1, 0.15) is 5.75 Å². The number of hydrogen-bond acceptors (Lipinski definition) is 31. The Morgan fingerprint density at radius 3 is 0.818 bits per heavy atom. The molecule has 0 bridgehead atoms. The Labute approximate surface area is 733 Å². The summed E-state index contributed by atoms with van der Waals surface area (Å²) in [5, 5.41) is 31.8. The molecule has 6 N–H and O–H groups in total. The van der Waals surface area contributed by atoms with E-state index in [9.17, 15) is 27.1 Å². The zero-order chi connectivity index (χ0) is 85.6. The van der Waals surface area contributed by atoms with Gasteiger partial charge in [-0.05, 0) is 97.5 Å². The molecule has 5 saturated heterocycles. The molecule has 0 saturated carbocycles. The van der Waals surface area contributed by atoms with Gasteiger partial charge >= 0.3 is 0 Å². The predicted octanol–water partition coefficient (Wildman–Crippen LogP) is 14.7. The molecular weight excluding hydrogens is 1840 g/mol. The van der Waals surface area contributed by atoms with Crippen LogP contribution in [0.3, 0.4) is 0 Å². The van der Waals surface area contributed by atoms with Crippen molar-refractivity contribution in [2.45, 2.75) is 27.7 Å². The van der Waals surface area contributed by atoms with E-state index in [1.54, 1.807) is 41.9 Å². The number of anilines is 10. The van der Waals surface area contributed by atoms with Gasteiger partial charge in [0.05, 0.1) is 133 Å². The zero-order valence-corrected chi connectivity index (χ0v) is 72.6. The van der Waals surface area contributed by atoms with E-state index in [1.807, 2.05) is 120 Å². The minimum atomic E-state index is -0.507. The second-order valence-corrected chi connectivity index (χ2v) is 30.4. The summed E-state index contributed by atoms with van der Waals surface area (Å²) in [5.74, 6) is -0.0745. The number of aromatic hydroxyl groups is 1. The van der Waals surface area contributed by atoms with Crippen LogP contribution in [0, 0.1) is 56.8 Å². The number of morpholine rings is 5. The smallest absolute Gasteiger partial charge is 0.245 e. The number of benzene rings is 5. The molecule has 5 aliphatic rings. The fraction of sp³-hybridized carbons (Fsp3) is 0.304. The lowest BCUT2D eigenvalue weighted by Gasteiger charge is -2.27. The third kappa shape index (κ3) is 27.5. The van der Waals surface area contributed by atoms with E-state index in [1.165, 1.54) is 6.21 Å². The highest BCUT2D eigenvalue weighted by Crippen LogP contribution is 2.32. The quantitative estimate of drug-likeness (QED) is 0.0234. The van der Waals surface area contributed by atoms with Gasteiger partial charge in [0.25, 0.3) is 0 Å². The predicted molar refractivity (Wildman–Crippen MR) is 472 cm³/mol. The number of phenols is 1. The second kappa shape index (κ2) is 46.4. The molecule has 5 aliphatic heterocycles. The van der Waals surface area contributed by atoms with Crippen molar-refractivity contribution in [1.82, 2.24) is 49.8 Å². The lowest BCUT2D eigenvalue weighted by molar-refractivity contribution is 0.122. The van der Waals surface area contributed by atoms with Crippen LogP contribution in [0.5, 0.6) is 5.75 Å². The van der Waals surface area contributed by atoms with Gasteiger partial charge in [0, 0.05) is 106 Å². The van der Waals surface area contributed by atoms with Crippen molar-refractivity contribution < 1.29 is 50.7 Å². The molecule has 636 valence electrons. The Morgan fingerprint density at radius 2 is 0.562 bits per heavy atom. The summed E-state index contributed by atoms with van der Waals surface area (Å²) in [6.07, 6.45) is 13.7. The summed E-state index contributed by atoms with van der Waals surface area (Å²) >= 11 is 28.3.